The predicted molar refractivity (Wildman–Crippen MR) is 83.2 cm³/mol. The molecule has 0 aliphatic carbocycles. The summed E-state index contributed by atoms with van der Waals surface area (Å²) in [7, 11) is 0. The fourth-order valence-electron chi connectivity index (χ4n) is 2.37. The van der Waals surface area contributed by atoms with Crippen molar-refractivity contribution in [3.05, 3.63) is 70.7 Å². The van der Waals surface area contributed by atoms with Gasteiger partial charge in [-0.1, -0.05) is 41.9 Å². The Labute approximate surface area is 132 Å². The van der Waals surface area contributed by atoms with E-state index < -0.39 is 6.04 Å². The average Bonchev–Trinajstić information content (AvgIpc) is 2.90. The molecule has 1 saturated heterocycles. The van der Waals surface area contributed by atoms with E-state index >= 15 is 0 Å². The quantitative estimate of drug-likeness (QED) is 0.809. The monoisotopic (exact) mass is 315 g/mol. The van der Waals surface area contributed by atoms with E-state index in [-0.39, 0.29) is 17.9 Å². The number of halogens is 1. The van der Waals surface area contributed by atoms with E-state index in [0.29, 0.717) is 10.6 Å². The highest BCUT2D eigenvalue weighted by atomic mass is 35.5. The van der Waals surface area contributed by atoms with E-state index in [2.05, 4.69) is 16.2 Å². The van der Waals surface area contributed by atoms with Gasteiger partial charge in [-0.2, -0.15) is 0 Å². The fourth-order valence-corrected chi connectivity index (χ4v) is 2.50. The van der Waals surface area contributed by atoms with Gasteiger partial charge in [0.2, 0.25) is 0 Å². The van der Waals surface area contributed by atoms with Crippen LogP contribution in [0.25, 0.3) is 0 Å². The van der Waals surface area contributed by atoms with Gasteiger partial charge < -0.3 is 5.32 Å². The summed E-state index contributed by atoms with van der Waals surface area (Å²) in [6, 6.07) is 15.0. The number of carbonyl (C=O) groups is 2. The van der Waals surface area contributed by atoms with Crippen molar-refractivity contribution < 1.29 is 9.59 Å². The minimum atomic E-state index is -0.675. The first kappa shape index (κ1) is 14.6. The average molecular weight is 316 g/mol. The van der Waals surface area contributed by atoms with Crippen molar-refractivity contribution in [2.45, 2.75) is 12.1 Å². The van der Waals surface area contributed by atoms with Gasteiger partial charge in [-0.3, -0.25) is 15.0 Å². The van der Waals surface area contributed by atoms with E-state index in [1.165, 1.54) is 0 Å². The highest BCUT2D eigenvalue weighted by Gasteiger charge is 2.36. The minimum Gasteiger partial charge on any atom is -0.338 e. The molecule has 1 aliphatic rings. The van der Waals surface area contributed by atoms with E-state index in [1.54, 1.807) is 24.3 Å². The smallest absolute Gasteiger partial charge is 0.258 e. The molecule has 0 radical (unpaired) electrons. The van der Waals surface area contributed by atoms with Crippen molar-refractivity contribution in [3.8, 4) is 0 Å². The van der Waals surface area contributed by atoms with Crippen LogP contribution in [0.3, 0.4) is 0 Å². The molecule has 0 bridgehead atoms. The Bertz CT molecular complexity index is 688. The van der Waals surface area contributed by atoms with Crippen LogP contribution in [0.4, 0.5) is 0 Å². The molecule has 0 unspecified atom stereocenters. The Morgan fingerprint density at radius 3 is 2.41 bits per heavy atom. The van der Waals surface area contributed by atoms with Gasteiger partial charge in [-0.25, -0.2) is 5.43 Å². The lowest BCUT2D eigenvalue weighted by atomic mass is 10.0. The second-order valence-electron chi connectivity index (χ2n) is 4.98. The van der Waals surface area contributed by atoms with Crippen LogP contribution in [-0.2, 0) is 4.79 Å². The third kappa shape index (κ3) is 2.95. The van der Waals surface area contributed by atoms with Crippen molar-refractivity contribution in [1.29, 1.82) is 0 Å². The molecule has 2 aromatic rings. The van der Waals surface area contributed by atoms with Crippen LogP contribution in [0.5, 0.6) is 0 Å². The lowest BCUT2D eigenvalue weighted by Crippen LogP contribution is -2.42. The Hall–Kier alpha value is -2.37. The first-order chi connectivity index (χ1) is 10.6. The number of amides is 2. The number of rotatable bonds is 3. The first-order valence-electron chi connectivity index (χ1n) is 6.82. The molecule has 3 N–H and O–H groups in total. The van der Waals surface area contributed by atoms with E-state index in [4.69, 9.17) is 11.6 Å². The third-order valence-electron chi connectivity index (χ3n) is 3.52. The zero-order valence-electron chi connectivity index (χ0n) is 11.5. The predicted octanol–water partition coefficient (Wildman–Crippen LogP) is 1.81. The van der Waals surface area contributed by atoms with Crippen LogP contribution in [0.15, 0.2) is 54.6 Å². The van der Waals surface area contributed by atoms with E-state index in [1.807, 2.05) is 30.3 Å². The summed E-state index contributed by atoms with van der Waals surface area (Å²) in [6.45, 7) is 0. The van der Waals surface area contributed by atoms with Crippen molar-refractivity contribution in [2.75, 3.05) is 0 Å². The molecule has 2 amide bonds. The Kier molecular flexibility index (Phi) is 4.09. The molecule has 1 heterocycles. The Morgan fingerprint density at radius 2 is 1.73 bits per heavy atom. The normalized spacial score (nSPS) is 20.5. The van der Waals surface area contributed by atoms with Crippen LogP contribution in [0, 0.1) is 0 Å². The first-order valence-corrected chi connectivity index (χ1v) is 7.20. The standard InChI is InChI=1S/C16H14ClN3O2/c17-12-8-6-11(7-9-12)15(21)18-14-13(19-20-16(14)22)10-4-2-1-3-5-10/h1-9,13-14,19H,(H,18,21)(H,20,22)/t13-,14+/m1/s1. The number of hydrazine groups is 1. The molecule has 0 saturated carbocycles. The maximum atomic E-state index is 12.3. The molecule has 0 spiro atoms. The minimum absolute atomic E-state index is 0.267. The van der Waals surface area contributed by atoms with E-state index in [0.717, 1.165) is 5.56 Å². The molecular formula is C16H14ClN3O2. The lowest BCUT2D eigenvalue weighted by Gasteiger charge is -2.18. The molecule has 2 aromatic carbocycles. The molecule has 22 heavy (non-hydrogen) atoms. The van der Waals surface area contributed by atoms with Crippen molar-refractivity contribution in [1.82, 2.24) is 16.2 Å². The number of benzene rings is 2. The lowest BCUT2D eigenvalue weighted by molar-refractivity contribution is -0.121. The van der Waals surface area contributed by atoms with Gasteiger partial charge in [0.15, 0.2) is 0 Å². The summed E-state index contributed by atoms with van der Waals surface area (Å²) in [4.78, 5) is 24.2. The van der Waals surface area contributed by atoms with Gasteiger partial charge in [0.05, 0.1) is 6.04 Å². The highest BCUT2D eigenvalue weighted by molar-refractivity contribution is 6.30. The maximum absolute atomic E-state index is 12.3. The Morgan fingerprint density at radius 1 is 1.05 bits per heavy atom. The van der Waals surface area contributed by atoms with E-state index in [9.17, 15) is 9.59 Å². The largest absolute Gasteiger partial charge is 0.338 e. The van der Waals surface area contributed by atoms with Crippen LogP contribution < -0.4 is 16.2 Å². The van der Waals surface area contributed by atoms with Gasteiger partial charge in [0.25, 0.3) is 11.8 Å². The fraction of sp³-hybridized carbons (Fsp3) is 0.125. The second kappa shape index (κ2) is 6.17. The summed E-state index contributed by atoms with van der Waals surface area (Å²) in [5.74, 6) is -0.586. The number of carbonyl (C=O) groups excluding carboxylic acids is 2. The van der Waals surface area contributed by atoms with Crippen LogP contribution in [-0.4, -0.2) is 17.9 Å². The van der Waals surface area contributed by atoms with Gasteiger partial charge in [-0.15, -0.1) is 0 Å². The van der Waals surface area contributed by atoms with Crippen LogP contribution in [0.1, 0.15) is 22.0 Å². The number of nitrogens with one attached hydrogen (secondary N) is 3. The van der Waals surface area contributed by atoms with Crippen molar-refractivity contribution >= 4 is 23.4 Å². The summed E-state index contributed by atoms with van der Waals surface area (Å²) in [5.41, 5.74) is 6.84. The highest BCUT2D eigenvalue weighted by Crippen LogP contribution is 2.20. The molecule has 2 atom stereocenters. The van der Waals surface area contributed by atoms with Gasteiger partial charge >= 0.3 is 0 Å². The summed E-state index contributed by atoms with van der Waals surface area (Å²) >= 11 is 5.81. The van der Waals surface area contributed by atoms with Gasteiger partial charge in [-0.05, 0) is 29.8 Å². The topological polar surface area (TPSA) is 70.2 Å². The number of hydrogen-bond acceptors (Lipinski definition) is 3. The molecule has 0 aromatic heterocycles. The molecular weight excluding hydrogens is 302 g/mol. The van der Waals surface area contributed by atoms with Gasteiger partial charge in [0, 0.05) is 10.6 Å². The molecule has 6 heteroatoms. The SMILES string of the molecule is O=C(N[C@@H]1C(=O)NN[C@@H]1c1ccccc1)c1ccc(Cl)cc1. The summed E-state index contributed by atoms with van der Waals surface area (Å²) in [6.07, 6.45) is 0. The summed E-state index contributed by atoms with van der Waals surface area (Å²) < 4.78 is 0. The maximum Gasteiger partial charge on any atom is 0.258 e. The molecule has 3 rings (SSSR count). The number of hydrogen-bond donors (Lipinski definition) is 3. The molecule has 5 nitrogen and oxygen atoms in total. The van der Waals surface area contributed by atoms with Crippen LogP contribution in [0.2, 0.25) is 5.02 Å². The Balaban J connectivity index is 1.78. The second-order valence-corrected chi connectivity index (χ2v) is 5.42. The zero-order chi connectivity index (χ0) is 15.5. The molecule has 112 valence electrons. The molecule has 1 fully saturated rings. The van der Waals surface area contributed by atoms with Crippen molar-refractivity contribution in [2.24, 2.45) is 0 Å². The third-order valence-corrected chi connectivity index (χ3v) is 3.77. The van der Waals surface area contributed by atoms with Gasteiger partial charge in [0.1, 0.15) is 6.04 Å². The van der Waals surface area contributed by atoms with Crippen LogP contribution >= 0.6 is 11.6 Å². The zero-order valence-corrected chi connectivity index (χ0v) is 12.3. The molecule has 1 aliphatic heterocycles. The summed E-state index contributed by atoms with van der Waals surface area (Å²) in [5, 5.41) is 3.31. The van der Waals surface area contributed by atoms with Crippen molar-refractivity contribution in [3.63, 3.8) is 0 Å².